The summed E-state index contributed by atoms with van der Waals surface area (Å²) in [6.07, 6.45) is 0.734. The number of carbonyl (C=O) groups excluding carboxylic acids is 1. The Hall–Kier alpha value is -1.28. The standard InChI is InChI=1S/C10H8ClNO/c1-6-2-3-8-7(4-6)10(11)9(5-13)12-8/h2-5,12H,1H3. The second-order valence-corrected chi connectivity index (χ2v) is 3.40. The highest BCUT2D eigenvalue weighted by Gasteiger charge is 2.07. The van der Waals surface area contributed by atoms with Gasteiger partial charge in [-0.05, 0) is 19.1 Å². The zero-order chi connectivity index (χ0) is 9.42. The Morgan fingerprint density at radius 2 is 2.23 bits per heavy atom. The topological polar surface area (TPSA) is 32.9 Å². The minimum atomic E-state index is 0.447. The molecule has 0 spiro atoms. The van der Waals surface area contributed by atoms with Gasteiger partial charge >= 0.3 is 0 Å². The third-order valence-corrected chi connectivity index (χ3v) is 2.44. The molecule has 1 aromatic carbocycles. The highest BCUT2D eigenvalue weighted by atomic mass is 35.5. The first-order valence-electron chi connectivity index (χ1n) is 3.95. The summed E-state index contributed by atoms with van der Waals surface area (Å²) in [7, 11) is 0. The fraction of sp³-hybridized carbons (Fsp3) is 0.100. The fourth-order valence-electron chi connectivity index (χ4n) is 1.37. The van der Waals surface area contributed by atoms with E-state index in [0.717, 1.165) is 22.8 Å². The predicted molar refractivity (Wildman–Crippen MR) is 53.4 cm³/mol. The normalized spacial score (nSPS) is 10.6. The summed E-state index contributed by atoms with van der Waals surface area (Å²) in [4.78, 5) is 13.5. The Morgan fingerprint density at radius 3 is 2.92 bits per heavy atom. The van der Waals surface area contributed by atoms with Gasteiger partial charge in [-0.2, -0.15) is 0 Å². The van der Waals surface area contributed by atoms with Crippen LogP contribution in [0.15, 0.2) is 18.2 Å². The van der Waals surface area contributed by atoms with Gasteiger partial charge in [-0.15, -0.1) is 0 Å². The first kappa shape index (κ1) is 8.32. The van der Waals surface area contributed by atoms with Crippen LogP contribution in [0, 0.1) is 6.92 Å². The molecule has 1 heterocycles. The Balaban J connectivity index is 2.84. The van der Waals surface area contributed by atoms with E-state index < -0.39 is 0 Å². The van der Waals surface area contributed by atoms with E-state index in [-0.39, 0.29) is 0 Å². The van der Waals surface area contributed by atoms with Crippen LogP contribution < -0.4 is 0 Å². The van der Waals surface area contributed by atoms with Crippen LogP contribution in [0.5, 0.6) is 0 Å². The quantitative estimate of drug-likeness (QED) is 0.694. The summed E-state index contributed by atoms with van der Waals surface area (Å²) >= 11 is 5.97. The summed E-state index contributed by atoms with van der Waals surface area (Å²) in [6.45, 7) is 1.99. The van der Waals surface area contributed by atoms with Crippen LogP contribution in [0.4, 0.5) is 0 Å². The SMILES string of the molecule is Cc1ccc2[nH]c(C=O)c(Cl)c2c1. The van der Waals surface area contributed by atoms with Crippen molar-refractivity contribution < 1.29 is 4.79 Å². The van der Waals surface area contributed by atoms with Crippen LogP contribution in [-0.2, 0) is 0 Å². The summed E-state index contributed by atoms with van der Waals surface area (Å²) in [5.74, 6) is 0. The number of carbonyl (C=O) groups is 1. The van der Waals surface area contributed by atoms with Crippen molar-refractivity contribution in [3.8, 4) is 0 Å². The zero-order valence-electron chi connectivity index (χ0n) is 7.10. The van der Waals surface area contributed by atoms with Gasteiger partial charge in [-0.3, -0.25) is 4.79 Å². The molecule has 0 saturated heterocycles. The first-order chi connectivity index (χ1) is 6.22. The van der Waals surface area contributed by atoms with Crippen molar-refractivity contribution in [2.75, 3.05) is 0 Å². The summed E-state index contributed by atoms with van der Waals surface area (Å²) in [5, 5.41) is 1.41. The molecule has 2 aromatic rings. The lowest BCUT2D eigenvalue weighted by atomic mass is 10.2. The van der Waals surface area contributed by atoms with Gasteiger partial charge in [-0.1, -0.05) is 23.2 Å². The van der Waals surface area contributed by atoms with Gasteiger partial charge in [0, 0.05) is 10.9 Å². The van der Waals surface area contributed by atoms with Crippen molar-refractivity contribution in [2.24, 2.45) is 0 Å². The number of nitrogens with one attached hydrogen (secondary N) is 1. The number of aryl methyl sites for hydroxylation is 1. The van der Waals surface area contributed by atoms with E-state index in [1.165, 1.54) is 0 Å². The molecule has 3 heteroatoms. The Labute approximate surface area is 80.5 Å². The lowest BCUT2D eigenvalue weighted by molar-refractivity contribution is 0.112. The number of hydrogen-bond acceptors (Lipinski definition) is 1. The maximum atomic E-state index is 10.6. The van der Waals surface area contributed by atoms with Crippen LogP contribution in [0.2, 0.25) is 5.02 Å². The lowest BCUT2D eigenvalue weighted by Crippen LogP contribution is -1.76. The molecule has 0 unspecified atom stereocenters. The van der Waals surface area contributed by atoms with Crippen molar-refractivity contribution in [1.29, 1.82) is 0 Å². The predicted octanol–water partition coefficient (Wildman–Crippen LogP) is 2.94. The Bertz CT molecular complexity index is 473. The number of aromatic amines is 1. The molecule has 1 aromatic heterocycles. The molecule has 0 fully saturated rings. The number of fused-ring (bicyclic) bond motifs is 1. The van der Waals surface area contributed by atoms with Crippen LogP contribution in [-0.4, -0.2) is 11.3 Å². The highest BCUT2D eigenvalue weighted by molar-refractivity contribution is 6.37. The lowest BCUT2D eigenvalue weighted by Gasteiger charge is -1.92. The minimum absolute atomic E-state index is 0.447. The largest absolute Gasteiger partial charge is 0.351 e. The second-order valence-electron chi connectivity index (χ2n) is 3.02. The third-order valence-electron chi connectivity index (χ3n) is 2.04. The molecular weight excluding hydrogens is 186 g/mol. The number of hydrogen-bond donors (Lipinski definition) is 1. The second kappa shape index (κ2) is 2.89. The van der Waals surface area contributed by atoms with Gasteiger partial charge < -0.3 is 4.98 Å². The van der Waals surface area contributed by atoms with Crippen molar-refractivity contribution in [1.82, 2.24) is 4.98 Å². The van der Waals surface area contributed by atoms with Gasteiger partial charge in [0.2, 0.25) is 0 Å². The van der Waals surface area contributed by atoms with Gasteiger partial charge in [0.05, 0.1) is 10.7 Å². The van der Waals surface area contributed by atoms with E-state index in [0.29, 0.717) is 10.7 Å². The van der Waals surface area contributed by atoms with Gasteiger partial charge in [0.1, 0.15) is 0 Å². The molecule has 0 bridgehead atoms. The number of H-pyrrole nitrogens is 1. The van der Waals surface area contributed by atoms with Crippen LogP contribution in [0.25, 0.3) is 10.9 Å². The van der Waals surface area contributed by atoms with Crippen molar-refractivity contribution >= 4 is 28.8 Å². The average Bonchev–Trinajstić information content (AvgIpc) is 2.44. The maximum Gasteiger partial charge on any atom is 0.167 e. The smallest absolute Gasteiger partial charge is 0.167 e. The Morgan fingerprint density at radius 1 is 1.46 bits per heavy atom. The zero-order valence-corrected chi connectivity index (χ0v) is 7.85. The molecule has 2 rings (SSSR count). The van der Waals surface area contributed by atoms with Crippen molar-refractivity contribution in [2.45, 2.75) is 6.92 Å². The maximum absolute atomic E-state index is 10.6. The summed E-state index contributed by atoms with van der Waals surface area (Å²) < 4.78 is 0. The molecule has 1 N–H and O–H groups in total. The molecule has 13 heavy (non-hydrogen) atoms. The van der Waals surface area contributed by atoms with E-state index >= 15 is 0 Å². The van der Waals surface area contributed by atoms with Crippen LogP contribution in [0.1, 0.15) is 16.1 Å². The average molecular weight is 194 g/mol. The molecule has 0 atom stereocenters. The molecule has 0 aliphatic carbocycles. The summed E-state index contributed by atoms with van der Waals surface area (Å²) in [6, 6.07) is 5.86. The van der Waals surface area contributed by atoms with E-state index in [1.807, 2.05) is 25.1 Å². The summed E-state index contributed by atoms with van der Waals surface area (Å²) in [5.41, 5.74) is 2.48. The number of aromatic nitrogens is 1. The van der Waals surface area contributed by atoms with E-state index in [4.69, 9.17) is 11.6 Å². The van der Waals surface area contributed by atoms with Gasteiger partial charge in [-0.25, -0.2) is 0 Å². The minimum Gasteiger partial charge on any atom is -0.351 e. The molecule has 0 aliphatic rings. The molecule has 66 valence electrons. The third kappa shape index (κ3) is 1.23. The number of aldehydes is 1. The number of benzene rings is 1. The van der Waals surface area contributed by atoms with E-state index in [2.05, 4.69) is 4.98 Å². The molecule has 0 saturated carbocycles. The van der Waals surface area contributed by atoms with E-state index in [9.17, 15) is 4.79 Å². The van der Waals surface area contributed by atoms with Crippen LogP contribution in [0.3, 0.4) is 0 Å². The molecule has 0 amide bonds. The van der Waals surface area contributed by atoms with Crippen LogP contribution >= 0.6 is 11.6 Å². The first-order valence-corrected chi connectivity index (χ1v) is 4.33. The monoisotopic (exact) mass is 193 g/mol. The van der Waals surface area contributed by atoms with Gasteiger partial charge in [0.25, 0.3) is 0 Å². The number of halogens is 1. The Kier molecular flexibility index (Phi) is 1.85. The van der Waals surface area contributed by atoms with E-state index in [1.54, 1.807) is 0 Å². The van der Waals surface area contributed by atoms with Gasteiger partial charge in [0.15, 0.2) is 6.29 Å². The molecule has 0 aliphatic heterocycles. The molecular formula is C10H8ClNO. The van der Waals surface area contributed by atoms with Crippen molar-refractivity contribution in [3.05, 3.63) is 34.5 Å². The number of rotatable bonds is 1. The van der Waals surface area contributed by atoms with Crippen molar-refractivity contribution in [3.63, 3.8) is 0 Å². The highest BCUT2D eigenvalue weighted by Crippen LogP contribution is 2.26. The molecule has 2 nitrogen and oxygen atoms in total. The fourth-order valence-corrected chi connectivity index (χ4v) is 1.62. The molecule has 0 radical (unpaired) electrons.